The molecule has 0 radical (unpaired) electrons. The molecule has 1 saturated carbocycles. The Balaban J connectivity index is 1.62. The number of hydrogen-bond acceptors (Lipinski definition) is 5. The van der Waals surface area contributed by atoms with E-state index in [9.17, 15) is 23.6 Å². The van der Waals surface area contributed by atoms with Crippen LogP contribution in [0.5, 0.6) is 0 Å². The molecule has 8 heteroatoms. The Labute approximate surface area is 168 Å². The molecule has 3 rings (SSSR count). The number of benzene rings is 1. The number of carbonyl (C=O) groups excluding carboxylic acids is 4. The third-order valence-corrected chi connectivity index (χ3v) is 5.45. The number of nitrogens with zero attached hydrogens (tertiary/aromatic N) is 1. The lowest BCUT2D eigenvalue weighted by molar-refractivity contribution is -0.147. The summed E-state index contributed by atoms with van der Waals surface area (Å²) >= 11 is 0. The maximum absolute atomic E-state index is 13.6. The molecular formula is C21H25FN2O5. The average Bonchev–Trinajstić information content (AvgIpc) is 2.81. The number of carbonyl (C=O) groups is 4. The molecule has 29 heavy (non-hydrogen) atoms. The molecule has 1 N–H and O–H groups in total. The van der Waals surface area contributed by atoms with Crippen molar-refractivity contribution in [2.45, 2.75) is 45.6 Å². The first kappa shape index (κ1) is 21.0. The van der Waals surface area contributed by atoms with Crippen molar-refractivity contribution in [3.05, 3.63) is 35.6 Å². The van der Waals surface area contributed by atoms with Crippen LogP contribution < -0.4 is 5.32 Å². The zero-order chi connectivity index (χ0) is 21.4. The second-order valence-electron chi connectivity index (χ2n) is 8.82. The van der Waals surface area contributed by atoms with Gasteiger partial charge in [-0.3, -0.25) is 19.3 Å². The monoisotopic (exact) mass is 404 g/mol. The highest BCUT2D eigenvalue weighted by molar-refractivity contribution is 6.09. The minimum Gasteiger partial charge on any atom is -0.456 e. The van der Waals surface area contributed by atoms with E-state index in [2.05, 4.69) is 19.2 Å². The largest absolute Gasteiger partial charge is 0.456 e. The number of esters is 1. The van der Waals surface area contributed by atoms with Crippen LogP contribution in [0.4, 0.5) is 9.18 Å². The Hall–Kier alpha value is -2.77. The fraction of sp³-hybridized carbons (Fsp3) is 0.524. The summed E-state index contributed by atoms with van der Waals surface area (Å²) in [5.41, 5.74) is -1.32. The maximum atomic E-state index is 13.6. The smallest absolute Gasteiger partial charge is 0.326 e. The molecule has 1 saturated heterocycles. The van der Waals surface area contributed by atoms with Crippen molar-refractivity contribution < 1.29 is 28.3 Å². The zero-order valence-corrected chi connectivity index (χ0v) is 16.8. The molecule has 0 aromatic heterocycles. The Morgan fingerprint density at radius 3 is 2.59 bits per heavy atom. The summed E-state index contributed by atoms with van der Waals surface area (Å²) in [5, 5.41) is 2.77. The van der Waals surface area contributed by atoms with Crippen molar-refractivity contribution in [2.24, 2.45) is 11.3 Å². The normalized spacial score (nSPS) is 25.8. The number of nitrogens with one attached hydrogen (secondary N) is 1. The van der Waals surface area contributed by atoms with Crippen molar-refractivity contribution in [3.63, 3.8) is 0 Å². The van der Waals surface area contributed by atoms with Gasteiger partial charge in [0.05, 0.1) is 5.56 Å². The van der Waals surface area contributed by atoms with Crippen LogP contribution in [-0.2, 0) is 14.3 Å². The number of amides is 3. The molecule has 1 aromatic rings. The van der Waals surface area contributed by atoms with Gasteiger partial charge in [-0.15, -0.1) is 0 Å². The highest BCUT2D eigenvalue weighted by Crippen LogP contribution is 2.46. The van der Waals surface area contributed by atoms with Crippen molar-refractivity contribution in [1.29, 1.82) is 0 Å². The Morgan fingerprint density at radius 1 is 1.24 bits per heavy atom. The topological polar surface area (TPSA) is 92.8 Å². The van der Waals surface area contributed by atoms with E-state index in [-0.39, 0.29) is 16.9 Å². The van der Waals surface area contributed by atoms with E-state index in [0.717, 1.165) is 17.4 Å². The summed E-state index contributed by atoms with van der Waals surface area (Å²) in [7, 11) is 0. The third-order valence-electron chi connectivity index (χ3n) is 5.45. The fourth-order valence-corrected chi connectivity index (χ4v) is 4.74. The first-order valence-corrected chi connectivity index (χ1v) is 9.60. The van der Waals surface area contributed by atoms with Crippen LogP contribution in [0.2, 0.25) is 0 Å². The molecule has 1 spiro atoms. The molecule has 2 fully saturated rings. The molecule has 3 amide bonds. The molecule has 7 nitrogen and oxygen atoms in total. The van der Waals surface area contributed by atoms with Crippen LogP contribution in [0, 0.1) is 17.2 Å². The quantitative estimate of drug-likeness (QED) is 0.463. The van der Waals surface area contributed by atoms with Crippen molar-refractivity contribution in [1.82, 2.24) is 10.2 Å². The Kier molecular flexibility index (Phi) is 5.47. The van der Waals surface area contributed by atoms with Crippen LogP contribution >= 0.6 is 0 Å². The van der Waals surface area contributed by atoms with Gasteiger partial charge in [-0.25, -0.2) is 9.18 Å². The Morgan fingerprint density at radius 2 is 1.93 bits per heavy atom. The summed E-state index contributed by atoms with van der Waals surface area (Å²) < 4.78 is 18.5. The number of imide groups is 1. The molecule has 2 aliphatic rings. The first-order valence-electron chi connectivity index (χ1n) is 9.60. The number of hydrogen-bond donors (Lipinski definition) is 1. The van der Waals surface area contributed by atoms with Crippen molar-refractivity contribution >= 4 is 23.7 Å². The van der Waals surface area contributed by atoms with Gasteiger partial charge in [0.2, 0.25) is 5.78 Å². The molecule has 1 aliphatic carbocycles. The average molecular weight is 404 g/mol. The maximum Gasteiger partial charge on any atom is 0.326 e. The van der Waals surface area contributed by atoms with Gasteiger partial charge < -0.3 is 10.1 Å². The van der Waals surface area contributed by atoms with Crippen molar-refractivity contribution in [3.8, 4) is 0 Å². The molecule has 0 bridgehead atoms. The number of halogens is 1. The zero-order valence-electron chi connectivity index (χ0n) is 16.8. The number of ether oxygens (including phenoxy) is 1. The van der Waals surface area contributed by atoms with Gasteiger partial charge in [0.15, 0.2) is 6.61 Å². The predicted octanol–water partition coefficient (Wildman–Crippen LogP) is 2.69. The lowest BCUT2D eigenvalue weighted by Crippen LogP contribution is -2.54. The van der Waals surface area contributed by atoms with Gasteiger partial charge in [-0.05, 0) is 42.7 Å². The molecule has 2 atom stereocenters. The van der Waals surface area contributed by atoms with Crippen LogP contribution in [0.15, 0.2) is 24.3 Å². The van der Waals surface area contributed by atoms with Crippen LogP contribution in [0.3, 0.4) is 0 Å². The SMILES string of the molecule is C[C@H]1CC(C)(C)C[C@@]2(C1)NC(=O)N(CC(=O)OCC(=O)c1ccccc1F)C2=O. The summed E-state index contributed by atoms with van der Waals surface area (Å²) in [5.74, 6) is -2.52. The predicted molar refractivity (Wildman–Crippen MR) is 101 cm³/mol. The number of urea groups is 1. The van der Waals surface area contributed by atoms with Gasteiger partial charge in [-0.2, -0.15) is 0 Å². The molecule has 0 unspecified atom stereocenters. The summed E-state index contributed by atoms with van der Waals surface area (Å²) in [6, 6.07) is 4.72. The second-order valence-corrected chi connectivity index (χ2v) is 8.82. The molecule has 1 aliphatic heterocycles. The number of ketones is 1. The molecular weight excluding hydrogens is 379 g/mol. The van der Waals surface area contributed by atoms with E-state index < -0.39 is 48.2 Å². The van der Waals surface area contributed by atoms with Gasteiger partial charge in [0.25, 0.3) is 5.91 Å². The van der Waals surface area contributed by atoms with E-state index >= 15 is 0 Å². The second kappa shape index (κ2) is 7.57. The highest BCUT2D eigenvalue weighted by atomic mass is 19.1. The molecule has 1 aromatic carbocycles. The lowest BCUT2D eigenvalue weighted by atomic mass is 9.64. The van der Waals surface area contributed by atoms with E-state index in [0.29, 0.717) is 12.8 Å². The van der Waals surface area contributed by atoms with E-state index in [1.807, 2.05) is 6.92 Å². The lowest BCUT2D eigenvalue weighted by Gasteiger charge is -2.43. The minimum absolute atomic E-state index is 0.122. The first-order chi connectivity index (χ1) is 13.5. The fourth-order valence-electron chi connectivity index (χ4n) is 4.74. The molecule has 156 valence electrons. The van der Waals surface area contributed by atoms with Crippen LogP contribution in [-0.4, -0.2) is 47.3 Å². The summed E-state index contributed by atoms with van der Waals surface area (Å²) in [4.78, 5) is 50.3. The third kappa shape index (κ3) is 4.31. The van der Waals surface area contributed by atoms with Crippen LogP contribution in [0.25, 0.3) is 0 Å². The summed E-state index contributed by atoms with van der Waals surface area (Å²) in [6.07, 6.45) is 1.95. The molecule has 1 heterocycles. The summed E-state index contributed by atoms with van der Waals surface area (Å²) in [6.45, 7) is 4.88. The van der Waals surface area contributed by atoms with Gasteiger partial charge in [0.1, 0.15) is 17.9 Å². The standard InChI is InChI=1S/C21H25FN2O5/c1-13-8-20(2,3)12-21(9-13)18(27)24(19(28)23-21)10-17(26)29-11-16(25)14-6-4-5-7-15(14)22/h4-7,13H,8-12H2,1-3H3,(H,23,28)/t13-,21+/m0/s1. The van der Waals surface area contributed by atoms with Gasteiger partial charge >= 0.3 is 12.0 Å². The highest BCUT2D eigenvalue weighted by Gasteiger charge is 2.56. The number of Topliss-reactive ketones (excluding diaryl/α,β-unsaturated/α-hetero) is 1. The van der Waals surface area contributed by atoms with Gasteiger partial charge in [-0.1, -0.05) is 32.9 Å². The van der Waals surface area contributed by atoms with E-state index in [1.165, 1.54) is 18.2 Å². The van der Waals surface area contributed by atoms with E-state index in [4.69, 9.17) is 4.74 Å². The van der Waals surface area contributed by atoms with E-state index in [1.54, 1.807) is 0 Å². The van der Waals surface area contributed by atoms with Crippen molar-refractivity contribution in [2.75, 3.05) is 13.2 Å². The van der Waals surface area contributed by atoms with Gasteiger partial charge in [0, 0.05) is 0 Å². The van der Waals surface area contributed by atoms with Crippen LogP contribution in [0.1, 0.15) is 50.4 Å². The Bertz CT molecular complexity index is 868. The number of rotatable bonds is 5. The minimum atomic E-state index is -1.01.